The van der Waals surface area contributed by atoms with Crippen molar-refractivity contribution in [2.45, 2.75) is 0 Å². The summed E-state index contributed by atoms with van der Waals surface area (Å²) in [5.74, 6) is 0.455. The molecule has 0 aliphatic rings. The molecule has 1 amide bonds. The number of ether oxygens (including phenoxy) is 2. The Labute approximate surface area is 137 Å². The zero-order valence-corrected chi connectivity index (χ0v) is 13.0. The molecule has 3 N–H and O–H groups in total. The lowest BCUT2D eigenvalue weighted by Gasteiger charge is -2.08. The van der Waals surface area contributed by atoms with Crippen LogP contribution < -0.4 is 15.4 Å². The third-order valence-electron chi connectivity index (χ3n) is 2.99. The number of carbonyl (C=O) groups is 1. The number of nitrogens with one attached hydrogen (secondary N) is 2. The van der Waals surface area contributed by atoms with Gasteiger partial charge in [0.1, 0.15) is 17.9 Å². The molecule has 8 nitrogen and oxygen atoms in total. The first kappa shape index (κ1) is 17.5. The summed E-state index contributed by atoms with van der Waals surface area (Å²) in [6, 6.07) is 5.38. The van der Waals surface area contributed by atoms with Crippen LogP contribution in [0.25, 0.3) is 11.1 Å². The average molecular weight is 339 g/mol. The van der Waals surface area contributed by atoms with Gasteiger partial charge in [-0.15, -0.1) is 0 Å². The smallest absolute Gasteiger partial charge is 0.404 e. The molecule has 0 fully saturated rings. The Morgan fingerprint density at radius 3 is 3.04 bits per heavy atom. The first-order valence-electron chi connectivity index (χ1n) is 7.13. The normalized spacial score (nSPS) is 11.5. The van der Waals surface area contributed by atoms with E-state index in [0.29, 0.717) is 42.3 Å². The van der Waals surface area contributed by atoms with Crippen molar-refractivity contribution in [2.24, 2.45) is 0 Å². The lowest BCUT2D eigenvalue weighted by molar-refractivity contribution is 0.195. The standard InChI is InChI=1S/C15H18FN3O5/c1-22-5-4-17-14-19-12-3-2-11(6-13(12)24-14)23-9-10(7-16)8-18-15(20)21/h2-3,6-7,18H,4-5,8-9H2,1H3,(H,17,19)(H,20,21). The first-order valence-corrected chi connectivity index (χ1v) is 7.13. The Hall–Kier alpha value is -2.81. The number of halogens is 1. The van der Waals surface area contributed by atoms with Crippen LogP contribution in [0, 0.1) is 0 Å². The third kappa shape index (κ3) is 5.13. The van der Waals surface area contributed by atoms with Crippen molar-refractivity contribution in [3.63, 3.8) is 0 Å². The highest BCUT2D eigenvalue weighted by Crippen LogP contribution is 2.24. The van der Waals surface area contributed by atoms with Crippen molar-refractivity contribution < 1.29 is 28.2 Å². The van der Waals surface area contributed by atoms with Crippen LogP contribution in [0.1, 0.15) is 0 Å². The van der Waals surface area contributed by atoms with E-state index < -0.39 is 6.09 Å². The second kappa shape index (κ2) is 8.73. The summed E-state index contributed by atoms with van der Waals surface area (Å²) in [6.45, 7) is 0.850. The topological polar surface area (TPSA) is 106 Å². The molecule has 0 saturated carbocycles. The molecule has 9 heteroatoms. The van der Waals surface area contributed by atoms with Gasteiger partial charge in [-0.2, -0.15) is 4.98 Å². The van der Waals surface area contributed by atoms with Crippen LogP contribution in [0.2, 0.25) is 0 Å². The minimum Gasteiger partial charge on any atom is -0.489 e. The van der Waals surface area contributed by atoms with E-state index in [9.17, 15) is 9.18 Å². The van der Waals surface area contributed by atoms with Gasteiger partial charge in [-0.3, -0.25) is 0 Å². The summed E-state index contributed by atoms with van der Waals surface area (Å²) < 4.78 is 28.6. The SMILES string of the molecule is COCCNc1nc2ccc(OCC(=CF)CNC(=O)O)cc2o1. The largest absolute Gasteiger partial charge is 0.489 e. The van der Waals surface area contributed by atoms with Gasteiger partial charge in [0.05, 0.1) is 12.9 Å². The summed E-state index contributed by atoms with van der Waals surface area (Å²) in [6.07, 6.45) is -0.910. The molecule has 0 spiro atoms. The van der Waals surface area contributed by atoms with Gasteiger partial charge in [0.25, 0.3) is 6.01 Å². The molecule has 0 aliphatic heterocycles. The van der Waals surface area contributed by atoms with Crippen LogP contribution in [-0.2, 0) is 4.74 Å². The number of aromatic nitrogens is 1. The molecule has 1 heterocycles. The van der Waals surface area contributed by atoms with Gasteiger partial charge in [-0.1, -0.05) is 0 Å². The van der Waals surface area contributed by atoms with E-state index in [4.69, 9.17) is 19.0 Å². The predicted octanol–water partition coefficient (Wildman–Crippen LogP) is 2.39. The zero-order chi connectivity index (χ0) is 17.4. The van der Waals surface area contributed by atoms with Gasteiger partial charge in [0.15, 0.2) is 5.58 Å². The minimum absolute atomic E-state index is 0.0879. The van der Waals surface area contributed by atoms with Gasteiger partial charge in [0.2, 0.25) is 0 Å². The summed E-state index contributed by atoms with van der Waals surface area (Å²) >= 11 is 0. The number of hydrogen-bond acceptors (Lipinski definition) is 6. The Morgan fingerprint density at radius 1 is 1.50 bits per heavy atom. The van der Waals surface area contributed by atoms with Crippen molar-refractivity contribution in [3.8, 4) is 5.75 Å². The van der Waals surface area contributed by atoms with E-state index >= 15 is 0 Å². The number of amides is 1. The van der Waals surface area contributed by atoms with Gasteiger partial charge >= 0.3 is 6.09 Å². The quantitative estimate of drug-likeness (QED) is 0.602. The summed E-state index contributed by atoms with van der Waals surface area (Å²) in [5.41, 5.74) is 1.33. The molecular formula is C15H18FN3O5. The number of rotatable bonds is 9. The van der Waals surface area contributed by atoms with Crippen molar-refractivity contribution in [3.05, 3.63) is 30.1 Å². The molecule has 0 aliphatic carbocycles. The zero-order valence-electron chi connectivity index (χ0n) is 13.0. The van der Waals surface area contributed by atoms with Crippen LogP contribution in [0.15, 0.2) is 34.5 Å². The highest BCUT2D eigenvalue weighted by Gasteiger charge is 2.08. The summed E-state index contributed by atoms with van der Waals surface area (Å²) in [4.78, 5) is 14.7. The highest BCUT2D eigenvalue weighted by atomic mass is 19.1. The van der Waals surface area contributed by atoms with E-state index in [2.05, 4.69) is 15.6 Å². The van der Waals surface area contributed by atoms with Crippen LogP contribution in [0.5, 0.6) is 5.75 Å². The molecule has 0 bridgehead atoms. The molecule has 2 aromatic rings. The fourth-order valence-electron chi connectivity index (χ4n) is 1.82. The van der Waals surface area contributed by atoms with E-state index in [-0.39, 0.29) is 18.7 Å². The molecule has 0 saturated heterocycles. The second-order valence-electron chi connectivity index (χ2n) is 4.78. The summed E-state index contributed by atoms with van der Waals surface area (Å²) in [5, 5.41) is 13.6. The van der Waals surface area contributed by atoms with Crippen molar-refractivity contribution in [1.29, 1.82) is 0 Å². The monoisotopic (exact) mass is 339 g/mol. The second-order valence-corrected chi connectivity index (χ2v) is 4.78. The number of carboxylic acid groups (broad SMARTS) is 1. The molecule has 0 radical (unpaired) electrons. The number of hydrogen-bond donors (Lipinski definition) is 3. The third-order valence-corrected chi connectivity index (χ3v) is 2.99. The predicted molar refractivity (Wildman–Crippen MR) is 85.1 cm³/mol. The van der Waals surface area contributed by atoms with Crippen LogP contribution in [-0.4, -0.2) is 49.6 Å². The molecule has 2 rings (SSSR count). The van der Waals surface area contributed by atoms with Gasteiger partial charge in [0, 0.05) is 31.8 Å². The number of methoxy groups -OCH3 is 1. The Bertz CT molecular complexity index is 716. The Balaban J connectivity index is 1.95. The average Bonchev–Trinajstić information content (AvgIpc) is 2.97. The van der Waals surface area contributed by atoms with Crippen LogP contribution in [0.3, 0.4) is 0 Å². The maximum absolute atomic E-state index is 12.7. The highest BCUT2D eigenvalue weighted by molar-refractivity contribution is 5.76. The number of fused-ring (bicyclic) bond motifs is 1. The van der Waals surface area contributed by atoms with Gasteiger partial charge in [-0.25, -0.2) is 9.18 Å². The maximum Gasteiger partial charge on any atom is 0.404 e. The van der Waals surface area contributed by atoms with Crippen molar-refractivity contribution in [2.75, 3.05) is 38.7 Å². The van der Waals surface area contributed by atoms with E-state index in [1.165, 1.54) is 0 Å². The van der Waals surface area contributed by atoms with Crippen LogP contribution in [0.4, 0.5) is 15.2 Å². The molecule has 24 heavy (non-hydrogen) atoms. The fourth-order valence-corrected chi connectivity index (χ4v) is 1.82. The molecule has 0 atom stereocenters. The fraction of sp³-hybridized carbons (Fsp3) is 0.333. The van der Waals surface area contributed by atoms with E-state index in [0.717, 1.165) is 0 Å². The minimum atomic E-state index is -1.23. The molecule has 0 unspecified atom stereocenters. The summed E-state index contributed by atoms with van der Waals surface area (Å²) in [7, 11) is 1.60. The molecule has 1 aromatic carbocycles. The van der Waals surface area contributed by atoms with E-state index in [1.807, 2.05) is 0 Å². The van der Waals surface area contributed by atoms with Crippen LogP contribution >= 0.6 is 0 Å². The van der Waals surface area contributed by atoms with Crippen molar-refractivity contribution in [1.82, 2.24) is 10.3 Å². The number of anilines is 1. The maximum atomic E-state index is 12.7. The van der Waals surface area contributed by atoms with Crippen molar-refractivity contribution >= 4 is 23.2 Å². The molecule has 1 aromatic heterocycles. The molecule has 130 valence electrons. The lowest BCUT2D eigenvalue weighted by Crippen LogP contribution is -2.25. The van der Waals surface area contributed by atoms with E-state index in [1.54, 1.807) is 25.3 Å². The van der Waals surface area contributed by atoms with Gasteiger partial charge in [-0.05, 0) is 12.1 Å². The number of oxazole rings is 1. The Morgan fingerprint density at radius 2 is 2.33 bits per heavy atom. The number of nitrogens with zero attached hydrogens (tertiary/aromatic N) is 1. The van der Waals surface area contributed by atoms with Gasteiger partial charge < -0.3 is 29.6 Å². The number of benzene rings is 1. The molecular weight excluding hydrogens is 321 g/mol. The lowest BCUT2D eigenvalue weighted by atomic mass is 10.3. The Kier molecular flexibility index (Phi) is 6.38. The first-order chi connectivity index (χ1) is 11.6.